The van der Waals surface area contributed by atoms with Crippen molar-refractivity contribution >= 4 is 17.7 Å². The summed E-state index contributed by atoms with van der Waals surface area (Å²) in [5, 5.41) is 3.05. The summed E-state index contributed by atoms with van der Waals surface area (Å²) >= 11 is 0. The third kappa shape index (κ3) is 2.69. The number of hydrogen-bond acceptors (Lipinski definition) is 5. The Labute approximate surface area is 107 Å². The Hall–Kier alpha value is -1.85. The van der Waals surface area contributed by atoms with E-state index in [1.807, 2.05) is 18.7 Å². The molecule has 1 amide bonds. The van der Waals surface area contributed by atoms with Crippen LogP contribution in [-0.4, -0.2) is 40.4 Å². The van der Waals surface area contributed by atoms with Gasteiger partial charge >= 0.3 is 0 Å². The lowest BCUT2D eigenvalue weighted by atomic mass is 10.2. The fraction of sp³-hybridized carbons (Fsp3) is 0.583. The minimum absolute atomic E-state index is 0.113. The van der Waals surface area contributed by atoms with Crippen molar-refractivity contribution in [1.82, 2.24) is 14.9 Å². The molecule has 0 atom stereocenters. The van der Waals surface area contributed by atoms with Crippen molar-refractivity contribution in [2.24, 2.45) is 0 Å². The highest BCUT2D eigenvalue weighted by atomic mass is 16.2. The van der Waals surface area contributed by atoms with Gasteiger partial charge in [0.1, 0.15) is 5.82 Å². The van der Waals surface area contributed by atoms with Gasteiger partial charge in [0.2, 0.25) is 11.9 Å². The average Bonchev–Trinajstić information content (AvgIpc) is 2.85. The van der Waals surface area contributed by atoms with E-state index >= 15 is 0 Å². The number of anilines is 2. The molecule has 18 heavy (non-hydrogen) atoms. The molecule has 6 nitrogen and oxygen atoms in total. The van der Waals surface area contributed by atoms with Crippen LogP contribution in [0.5, 0.6) is 0 Å². The Balaban J connectivity index is 1.99. The number of nitrogens with one attached hydrogen (secondary N) is 1. The van der Waals surface area contributed by atoms with E-state index in [0.29, 0.717) is 5.82 Å². The summed E-state index contributed by atoms with van der Waals surface area (Å²) in [6.45, 7) is 5.78. The quantitative estimate of drug-likeness (QED) is 0.824. The Bertz CT molecular complexity index is 454. The number of amides is 1. The third-order valence-electron chi connectivity index (χ3n) is 3.27. The topological polar surface area (TPSA) is 84.1 Å². The predicted octanol–water partition coefficient (Wildman–Crippen LogP) is 0.710. The van der Waals surface area contributed by atoms with Gasteiger partial charge in [0.25, 0.3) is 0 Å². The van der Waals surface area contributed by atoms with Crippen LogP contribution in [0.25, 0.3) is 0 Å². The smallest absolute Gasteiger partial charge is 0.241 e. The normalized spacial score (nSPS) is 14.9. The van der Waals surface area contributed by atoms with E-state index < -0.39 is 0 Å². The Morgan fingerprint density at radius 3 is 2.67 bits per heavy atom. The van der Waals surface area contributed by atoms with E-state index in [4.69, 9.17) is 5.73 Å². The summed E-state index contributed by atoms with van der Waals surface area (Å²) in [5.74, 6) is 0.989. The summed E-state index contributed by atoms with van der Waals surface area (Å²) in [6, 6.07) is 0. The van der Waals surface area contributed by atoms with Crippen LogP contribution in [0, 0.1) is 13.8 Å². The third-order valence-corrected chi connectivity index (χ3v) is 3.27. The van der Waals surface area contributed by atoms with E-state index in [1.54, 1.807) is 0 Å². The lowest BCUT2D eigenvalue weighted by Gasteiger charge is -2.16. The minimum Gasteiger partial charge on any atom is -0.368 e. The number of likely N-dealkylation sites (tertiary alicyclic amines) is 1. The SMILES string of the molecule is Cc1nc(N)nc(NCC(=O)N2CCCC2)c1C. The number of carbonyl (C=O) groups excluding carboxylic acids is 1. The van der Waals surface area contributed by atoms with Gasteiger partial charge in [0.15, 0.2) is 0 Å². The number of nitrogens with two attached hydrogens (primary N) is 1. The maximum Gasteiger partial charge on any atom is 0.241 e. The number of hydrogen-bond donors (Lipinski definition) is 2. The molecule has 1 aromatic rings. The molecule has 2 rings (SSSR count). The lowest BCUT2D eigenvalue weighted by molar-refractivity contribution is -0.128. The molecule has 98 valence electrons. The molecule has 1 fully saturated rings. The molecule has 0 spiro atoms. The van der Waals surface area contributed by atoms with Gasteiger partial charge in [-0.15, -0.1) is 0 Å². The van der Waals surface area contributed by atoms with Crippen LogP contribution >= 0.6 is 0 Å². The summed E-state index contributed by atoms with van der Waals surface area (Å²) in [4.78, 5) is 21.9. The van der Waals surface area contributed by atoms with Gasteiger partial charge in [-0.3, -0.25) is 4.79 Å². The zero-order chi connectivity index (χ0) is 13.1. The first-order valence-corrected chi connectivity index (χ1v) is 6.20. The molecule has 0 saturated carbocycles. The standard InChI is InChI=1S/C12H19N5O/c1-8-9(2)15-12(13)16-11(8)14-7-10(18)17-5-3-4-6-17/h3-7H2,1-2H3,(H3,13,14,15,16). The first-order chi connectivity index (χ1) is 8.58. The van der Waals surface area contributed by atoms with E-state index in [1.165, 1.54) is 0 Å². The van der Waals surface area contributed by atoms with Gasteiger partial charge in [-0.2, -0.15) is 4.98 Å². The van der Waals surface area contributed by atoms with Crippen LogP contribution in [0.3, 0.4) is 0 Å². The first-order valence-electron chi connectivity index (χ1n) is 6.20. The number of aromatic nitrogens is 2. The fourth-order valence-corrected chi connectivity index (χ4v) is 2.06. The maximum atomic E-state index is 11.9. The second kappa shape index (κ2) is 5.20. The number of nitrogen functional groups attached to an aromatic ring is 1. The van der Waals surface area contributed by atoms with Gasteiger partial charge < -0.3 is 16.0 Å². The van der Waals surface area contributed by atoms with E-state index in [9.17, 15) is 4.79 Å². The highest BCUT2D eigenvalue weighted by Crippen LogP contribution is 2.15. The molecule has 2 heterocycles. The average molecular weight is 249 g/mol. The van der Waals surface area contributed by atoms with Crippen LogP contribution in [0.2, 0.25) is 0 Å². The number of carbonyl (C=O) groups is 1. The number of rotatable bonds is 3. The van der Waals surface area contributed by atoms with Crippen molar-refractivity contribution in [2.75, 3.05) is 30.7 Å². The fourth-order valence-electron chi connectivity index (χ4n) is 2.06. The van der Waals surface area contributed by atoms with Gasteiger partial charge in [0.05, 0.1) is 6.54 Å². The zero-order valence-electron chi connectivity index (χ0n) is 10.9. The van der Waals surface area contributed by atoms with E-state index in [0.717, 1.165) is 37.2 Å². The van der Waals surface area contributed by atoms with Crippen LogP contribution in [0.1, 0.15) is 24.1 Å². The van der Waals surface area contributed by atoms with Crippen molar-refractivity contribution in [2.45, 2.75) is 26.7 Å². The second-order valence-electron chi connectivity index (χ2n) is 4.58. The van der Waals surface area contributed by atoms with Gasteiger partial charge in [-0.25, -0.2) is 4.98 Å². The Morgan fingerprint density at radius 2 is 2.00 bits per heavy atom. The largest absolute Gasteiger partial charge is 0.368 e. The molecular weight excluding hydrogens is 230 g/mol. The summed E-state index contributed by atoms with van der Waals surface area (Å²) < 4.78 is 0. The number of aryl methyl sites for hydroxylation is 1. The summed E-state index contributed by atoms with van der Waals surface area (Å²) in [6.07, 6.45) is 2.20. The summed E-state index contributed by atoms with van der Waals surface area (Å²) in [5.41, 5.74) is 7.36. The second-order valence-corrected chi connectivity index (χ2v) is 4.58. The van der Waals surface area contributed by atoms with Gasteiger partial charge in [-0.05, 0) is 26.7 Å². The molecule has 0 unspecified atom stereocenters. The monoisotopic (exact) mass is 249 g/mol. The first kappa shape index (κ1) is 12.6. The van der Waals surface area contributed by atoms with Crippen molar-refractivity contribution < 1.29 is 4.79 Å². The number of nitrogens with zero attached hydrogens (tertiary/aromatic N) is 3. The highest BCUT2D eigenvalue weighted by molar-refractivity contribution is 5.81. The molecule has 6 heteroatoms. The highest BCUT2D eigenvalue weighted by Gasteiger charge is 2.18. The van der Waals surface area contributed by atoms with Crippen molar-refractivity contribution in [1.29, 1.82) is 0 Å². The molecule has 1 aliphatic rings. The van der Waals surface area contributed by atoms with Gasteiger partial charge in [-0.1, -0.05) is 0 Å². The summed E-state index contributed by atoms with van der Waals surface area (Å²) in [7, 11) is 0. The van der Waals surface area contributed by atoms with Crippen LogP contribution in [-0.2, 0) is 4.79 Å². The molecule has 0 radical (unpaired) electrons. The Kier molecular flexibility index (Phi) is 3.64. The van der Waals surface area contributed by atoms with E-state index in [-0.39, 0.29) is 18.4 Å². The molecule has 0 aliphatic carbocycles. The van der Waals surface area contributed by atoms with Crippen molar-refractivity contribution in [3.8, 4) is 0 Å². The molecular formula is C12H19N5O. The molecule has 0 bridgehead atoms. The van der Waals surface area contributed by atoms with Crippen LogP contribution < -0.4 is 11.1 Å². The maximum absolute atomic E-state index is 11.9. The molecule has 1 aliphatic heterocycles. The molecule has 3 N–H and O–H groups in total. The zero-order valence-corrected chi connectivity index (χ0v) is 10.9. The Morgan fingerprint density at radius 1 is 1.33 bits per heavy atom. The van der Waals surface area contributed by atoms with Crippen molar-refractivity contribution in [3.63, 3.8) is 0 Å². The van der Waals surface area contributed by atoms with Crippen LogP contribution in [0.4, 0.5) is 11.8 Å². The van der Waals surface area contributed by atoms with Crippen molar-refractivity contribution in [3.05, 3.63) is 11.3 Å². The molecule has 1 saturated heterocycles. The van der Waals surface area contributed by atoms with E-state index in [2.05, 4.69) is 15.3 Å². The lowest BCUT2D eigenvalue weighted by Crippen LogP contribution is -2.33. The minimum atomic E-state index is 0.113. The van der Waals surface area contributed by atoms with Crippen LogP contribution in [0.15, 0.2) is 0 Å². The van der Waals surface area contributed by atoms with Gasteiger partial charge in [0, 0.05) is 24.3 Å². The molecule has 1 aromatic heterocycles. The molecule has 0 aromatic carbocycles. The predicted molar refractivity (Wildman–Crippen MR) is 70.2 cm³/mol.